The van der Waals surface area contributed by atoms with Crippen LogP contribution in [0.25, 0.3) is 10.8 Å². The summed E-state index contributed by atoms with van der Waals surface area (Å²) in [7, 11) is 0. The summed E-state index contributed by atoms with van der Waals surface area (Å²) in [4.78, 5) is 23.6. The number of amides is 1. The quantitative estimate of drug-likeness (QED) is 0.542. The average molecular weight is 456 g/mol. The van der Waals surface area contributed by atoms with Gasteiger partial charge in [0, 0.05) is 37.3 Å². The van der Waals surface area contributed by atoms with Crippen molar-refractivity contribution >= 4 is 34.8 Å². The highest BCUT2D eigenvalue weighted by Gasteiger charge is 2.24. The zero-order valence-electron chi connectivity index (χ0n) is 17.5. The molecule has 5 rings (SSSR count). The van der Waals surface area contributed by atoms with Gasteiger partial charge in [0.2, 0.25) is 5.91 Å². The van der Waals surface area contributed by atoms with Gasteiger partial charge in [0.25, 0.3) is 11.1 Å². The smallest absolute Gasteiger partial charge is 0.277 e. The lowest BCUT2D eigenvalue weighted by atomic mass is 9.90. The molecule has 0 bridgehead atoms. The first-order chi connectivity index (χ1) is 15.2. The lowest BCUT2D eigenvalue weighted by molar-refractivity contribution is -0.128. The van der Waals surface area contributed by atoms with Crippen LogP contribution in [0.1, 0.15) is 23.8 Å². The van der Waals surface area contributed by atoms with Crippen molar-refractivity contribution in [2.75, 3.05) is 36.8 Å². The van der Waals surface area contributed by atoms with E-state index in [1.807, 2.05) is 23.1 Å². The van der Waals surface area contributed by atoms with Gasteiger partial charge in [0.1, 0.15) is 5.82 Å². The predicted molar refractivity (Wildman–Crippen MR) is 123 cm³/mol. The second-order valence-electron chi connectivity index (χ2n) is 8.12. The number of aromatic nitrogens is 3. The van der Waals surface area contributed by atoms with Crippen molar-refractivity contribution in [2.24, 2.45) is 5.92 Å². The number of piperazine rings is 1. The van der Waals surface area contributed by atoms with E-state index in [-0.39, 0.29) is 5.91 Å². The van der Waals surface area contributed by atoms with Gasteiger partial charge in [-0.1, -0.05) is 24.8 Å². The third-order valence-electron chi connectivity index (χ3n) is 5.87. The summed E-state index contributed by atoms with van der Waals surface area (Å²) in [6, 6.07) is 8.10. The maximum atomic E-state index is 12.6. The average Bonchev–Trinajstić information content (AvgIpc) is 3.45. The van der Waals surface area contributed by atoms with Crippen molar-refractivity contribution in [2.45, 2.75) is 31.4 Å². The van der Waals surface area contributed by atoms with Gasteiger partial charge in [-0.15, -0.1) is 21.5 Å². The van der Waals surface area contributed by atoms with E-state index < -0.39 is 0 Å². The number of pyridine rings is 1. The minimum Gasteiger partial charge on any atom is -0.410 e. The van der Waals surface area contributed by atoms with E-state index in [0.29, 0.717) is 30.0 Å². The number of fused-ring (bicyclic) bond motifs is 1. The van der Waals surface area contributed by atoms with Crippen LogP contribution in [-0.2, 0) is 17.6 Å². The van der Waals surface area contributed by atoms with E-state index in [9.17, 15) is 4.79 Å². The van der Waals surface area contributed by atoms with E-state index >= 15 is 0 Å². The maximum Gasteiger partial charge on any atom is 0.277 e. The molecule has 1 aliphatic carbocycles. The van der Waals surface area contributed by atoms with Gasteiger partial charge in [0.15, 0.2) is 0 Å². The monoisotopic (exact) mass is 455 g/mol. The number of nitrogens with zero attached hydrogens (tertiary/aromatic N) is 5. The van der Waals surface area contributed by atoms with Crippen LogP contribution in [0.5, 0.6) is 0 Å². The molecule has 1 atom stereocenters. The molecule has 3 aromatic heterocycles. The number of thiophene rings is 1. The van der Waals surface area contributed by atoms with Crippen LogP contribution in [0.4, 0.5) is 5.82 Å². The molecule has 1 aliphatic heterocycles. The Morgan fingerprint density at radius 3 is 2.94 bits per heavy atom. The van der Waals surface area contributed by atoms with Gasteiger partial charge in [-0.2, -0.15) is 0 Å². The van der Waals surface area contributed by atoms with Gasteiger partial charge >= 0.3 is 0 Å². The minimum absolute atomic E-state index is 0.103. The number of carbonyl (C=O) groups is 1. The van der Waals surface area contributed by atoms with Crippen molar-refractivity contribution in [1.82, 2.24) is 20.1 Å². The topological polar surface area (TPSA) is 75.4 Å². The van der Waals surface area contributed by atoms with Crippen LogP contribution in [0.2, 0.25) is 0 Å². The largest absolute Gasteiger partial charge is 0.410 e. The Morgan fingerprint density at radius 1 is 1.26 bits per heavy atom. The second-order valence-corrected chi connectivity index (χ2v) is 10.2. The summed E-state index contributed by atoms with van der Waals surface area (Å²) >= 11 is 3.08. The van der Waals surface area contributed by atoms with Crippen molar-refractivity contribution < 1.29 is 9.21 Å². The molecule has 0 N–H and O–H groups in total. The highest BCUT2D eigenvalue weighted by atomic mass is 32.2. The maximum absolute atomic E-state index is 12.6. The fourth-order valence-corrected chi connectivity index (χ4v) is 5.92. The fourth-order valence-electron chi connectivity index (χ4n) is 4.12. The molecule has 0 aromatic carbocycles. The molecule has 0 unspecified atom stereocenters. The summed E-state index contributed by atoms with van der Waals surface area (Å²) in [6.45, 7) is 5.28. The second kappa shape index (κ2) is 9.00. The lowest BCUT2D eigenvalue weighted by Gasteiger charge is -2.35. The van der Waals surface area contributed by atoms with E-state index in [1.165, 1.54) is 28.6 Å². The van der Waals surface area contributed by atoms with Gasteiger partial charge < -0.3 is 14.2 Å². The van der Waals surface area contributed by atoms with Crippen LogP contribution in [0.3, 0.4) is 0 Å². The van der Waals surface area contributed by atoms with Gasteiger partial charge in [0.05, 0.1) is 10.6 Å². The summed E-state index contributed by atoms with van der Waals surface area (Å²) < 4.78 is 5.85. The number of anilines is 1. The molecule has 1 amide bonds. The Hall–Kier alpha value is -2.39. The highest BCUT2D eigenvalue weighted by molar-refractivity contribution is 7.99. The molecule has 1 saturated heterocycles. The number of hydrogen-bond acceptors (Lipinski definition) is 8. The fraction of sp³-hybridized carbons (Fsp3) is 0.455. The Labute approximate surface area is 189 Å². The van der Waals surface area contributed by atoms with Gasteiger partial charge in [-0.3, -0.25) is 4.79 Å². The van der Waals surface area contributed by atoms with E-state index in [4.69, 9.17) is 4.42 Å². The van der Waals surface area contributed by atoms with Crippen LogP contribution in [-0.4, -0.2) is 57.9 Å². The Kier molecular flexibility index (Phi) is 5.95. The Morgan fingerprint density at radius 2 is 2.13 bits per heavy atom. The SMILES string of the molecule is C[C@@H]1CCc2sc(-c3nnc(SCC(=O)N4CCN(c5ccccn5)CC4)o3)cc2C1. The van der Waals surface area contributed by atoms with Crippen LogP contribution < -0.4 is 4.90 Å². The number of rotatable bonds is 5. The zero-order valence-corrected chi connectivity index (χ0v) is 19.1. The summed E-state index contributed by atoms with van der Waals surface area (Å²) in [5.41, 5.74) is 1.42. The third-order valence-corrected chi connectivity index (χ3v) is 7.90. The highest BCUT2D eigenvalue weighted by Crippen LogP contribution is 2.37. The van der Waals surface area contributed by atoms with Gasteiger partial charge in [-0.05, 0) is 48.9 Å². The van der Waals surface area contributed by atoms with E-state index in [1.54, 1.807) is 17.5 Å². The van der Waals surface area contributed by atoms with Crippen LogP contribution in [0, 0.1) is 5.92 Å². The zero-order chi connectivity index (χ0) is 21.2. The van der Waals surface area contributed by atoms with Crippen molar-refractivity contribution in [3.05, 3.63) is 40.9 Å². The van der Waals surface area contributed by atoms with E-state index in [0.717, 1.165) is 42.5 Å². The Bertz CT molecular complexity index is 1040. The number of aryl methyl sites for hydroxylation is 1. The normalized spacial score (nSPS) is 18.8. The number of carbonyl (C=O) groups excluding carboxylic acids is 1. The molecular formula is C22H25N5O2S2. The first-order valence-electron chi connectivity index (χ1n) is 10.7. The third kappa shape index (κ3) is 4.62. The summed E-state index contributed by atoms with van der Waals surface area (Å²) in [6.07, 6.45) is 5.31. The number of thioether (sulfide) groups is 1. The van der Waals surface area contributed by atoms with Crippen molar-refractivity contribution in [3.8, 4) is 10.8 Å². The van der Waals surface area contributed by atoms with Gasteiger partial charge in [-0.25, -0.2) is 4.98 Å². The summed E-state index contributed by atoms with van der Waals surface area (Å²) in [5.74, 6) is 2.67. The van der Waals surface area contributed by atoms with E-state index in [2.05, 4.69) is 33.1 Å². The minimum atomic E-state index is 0.103. The molecule has 7 nitrogen and oxygen atoms in total. The Balaban J connectivity index is 1.14. The first-order valence-corrected chi connectivity index (χ1v) is 12.5. The molecule has 1 fully saturated rings. The molecule has 3 aromatic rings. The van der Waals surface area contributed by atoms with Crippen LogP contribution >= 0.6 is 23.1 Å². The molecule has 0 spiro atoms. The van der Waals surface area contributed by atoms with Crippen molar-refractivity contribution in [3.63, 3.8) is 0 Å². The molecule has 0 saturated carbocycles. The molecule has 162 valence electrons. The molecule has 2 aliphatic rings. The molecule has 4 heterocycles. The lowest BCUT2D eigenvalue weighted by Crippen LogP contribution is -2.49. The predicted octanol–water partition coefficient (Wildman–Crippen LogP) is 3.76. The summed E-state index contributed by atoms with van der Waals surface area (Å²) in [5, 5.41) is 8.82. The standard InChI is InChI=1S/C22H25N5O2S2/c1-15-5-6-17-16(12-15)13-18(31-17)21-24-25-22(29-21)30-14-20(28)27-10-8-26(9-11-27)19-4-2-3-7-23-19/h2-4,7,13,15H,5-6,8-12,14H2,1H3/t15-/m1/s1. The molecular weight excluding hydrogens is 430 g/mol. The number of hydrogen-bond donors (Lipinski definition) is 0. The van der Waals surface area contributed by atoms with Crippen LogP contribution in [0.15, 0.2) is 40.1 Å². The molecule has 31 heavy (non-hydrogen) atoms. The first kappa shape index (κ1) is 20.5. The molecule has 0 radical (unpaired) electrons. The molecule has 9 heteroatoms. The van der Waals surface area contributed by atoms with Crippen molar-refractivity contribution in [1.29, 1.82) is 0 Å².